The van der Waals surface area contributed by atoms with Crippen LogP contribution in [-0.4, -0.2) is 31.6 Å². The average Bonchev–Trinajstić information content (AvgIpc) is 2.92. The minimum Gasteiger partial charge on any atom is -0.486 e. The van der Waals surface area contributed by atoms with E-state index in [2.05, 4.69) is 29.4 Å². The molecule has 148 valence electrons. The third-order valence-corrected chi connectivity index (χ3v) is 4.86. The van der Waals surface area contributed by atoms with Crippen LogP contribution in [0, 0.1) is 0 Å². The fourth-order valence-electron chi connectivity index (χ4n) is 2.27. The number of thioether (sulfide) groups is 1. The summed E-state index contributed by atoms with van der Waals surface area (Å²) in [7, 11) is 0. The van der Waals surface area contributed by atoms with Gasteiger partial charge in [0.15, 0.2) is 5.82 Å². The van der Waals surface area contributed by atoms with Crippen LogP contribution in [0.2, 0.25) is 0 Å². The summed E-state index contributed by atoms with van der Waals surface area (Å²) in [6.45, 7) is 12.1. The number of nitrogen functional groups attached to an aromatic ring is 1. The zero-order valence-electron chi connectivity index (χ0n) is 16.8. The van der Waals surface area contributed by atoms with Crippen molar-refractivity contribution in [2.24, 2.45) is 0 Å². The van der Waals surface area contributed by atoms with Gasteiger partial charge in [-0.25, -0.2) is 4.68 Å². The van der Waals surface area contributed by atoms with Gasteiger partial charge in [0.05, 0.1) is 5.25 Å². The quantitative estimate of drug-likeness (QED) is 0.556. The first kappa shape index (κ1) is 21.1. The second kappa shape index (κ2) is 8.65. The molecule has 0 aliphatic rings. The van der Waals surface area contributed by atoms with Crippen molar-refractivity contribution in [2.75, 3.05) is 5.84 Å². The van der Waals surface area contributed by atoms with E-state index < -0.39 is 0 Å². The Morgan fingerprint density at radius 3 is 2.41 bits per heavy atom. The lowest BCUT2D eigenvalue weighted by atomic mass is 10.0. The number of nitrogens with zero attached hydrogens (tertiary/aromatic N) is 3. The van der Waals surface area contributed by atoms with Crippen molar-refractivity contribution in [3.05, 3.63) is 35.7 Å². The molecule has 27 heavy (non-hydrogen) atoms. The Bertz CT molecular complexity index is 765. The van der Waals surface area contributed by atoms with Crippen LogP contribution in [0.25, 0.3) is 0 Å². The van der Waals surface area contributed by atoms with Crippen molar-refractivity contribution in [3.8, 4) is 5.75 Å². The number of amides is 1. The Labute approximate surface area is 165 Å². The summed E-state index contributed by atoms with van der Waals surface area (Å²) in [6, 6.07) is 7.95. The molecule has 1 amide bonds. The van der Waals surface area contributed by atoms with Gasteiger partial charge in [-0.05, 0) is 51.3 Å². The molecule has 0 unspecified atom stereocenters. The number of nitrogens with two attached hydrogens (primary N) is 1. The summed E-state index contributed by atoms with van der Waals surface area (Å²) in [5, 5.41) is 11.2. The first-order valence-electron chi connectivity index (χ1n) is 8.97. The number of hydrogen-bond donors (Lipinski definition) is 2. The van der Waals surface area contributed by atoms with Gasteiger partial charge in [-0.15, -0.1) is 10.2 Å². The largest absolute Gasteiger partial charge is 0.486 e. The molecular weight excluding hydrogens is 362 g/mol. The molecule has 0 saturated carbocycles. The van der Waals surface area contributed by atoms with Crippen LogP contribution < -0.4 is 15.9 Å². The van der Waals surface area contributed by atoms with Crippen molar-refractivity contribution < 1.29 is 9.53 Å². The van der Waals surface area contributed by atoms with Gasteiger partial charge in [0.2, 0.25) is 11.1 Å². The monoisotopic (exact) mass is 391 g/mol. The average molecular weight is 392 g/mol. The Morgan fingerprint density at radius 1 is 1.22 bits per heavy atom. The smallest absolute Gasteiger partial charge is 0.233 e. The number of ether oxygens (including phenoxy) is 1. The molecule has 1 heterocycles. The Balaban J connectivity index is 1.95. The molecule has 2 aromatic rings. The van der Waals surface area contributed by atoms with Gasteiger partial charge in [-0.1, -0.05) is 37.7 Å². The number of aromatic nitrogens is 3. The second-order valence-corrected chi connectivity index (χ2v) is 9.09. The molecule has 2 rings (SSSR count). The minimum atomic E-state index is -0.340. The van der Waals surface area contributed by atoms with Gasteiger partial charge in [-0.2, -0.15) is 0 Å². The molecule has 0 fully saturated rings. The van der Waals surface area contributed by atoms with E-state index in [1.807, 2.05) is 52.0 Å². The number of rotatable bonds is 7. The highest BCUT2D eigenvalue weighted by Gasteiger charge is 2.22. The molecule has 0 bridgehead atoms. The van der Waals surface area contributed by atoms with Crippen LogP contribution >= 0.6 is 11.8 Å². The van der Waals surface area contributed by atoms with E-state index in [1.165, 1.54) is 22.0 Å². The second-order valence-electron chi connectivity index (χ2n) is 7.78. The van der Waals surface area contributed by atoms with Crippen LogP contribution in [0.4, 0.5) is 0 Å². The molecule has 1 aromatic carbocycles. The summed E-state index contributed by atoms with van der Waals surface area (Å²) >= 11 is 1.26. The number of nitrogens with one attached hydrogen (secondary N) is 1. The normalized spacial score (nSPS) is 12.9. The summed E-state index contributed by atoms with van der Waals surface area (Å²) in [5.74, 6) is 7.71. The Morgan fingerprint density at radius 2 is 1.85 bits per heavy atom. The maximum Gasteiger partial charge on any atom is 0.233 e. The number of carbonyl (C=O) groups excluding carboxylic acids is 1. The molecule has 7 nitrogen and oxygen atoms in total. The van der Waals surface area contributed by atoms with Crippen molar-refractivity contribution in [1.82, 2.24) is 20.2 Å². The van der Waals surface area contributed by atoms with Gasteiger partial charge in [0.1, 0.15) is 12.4 Å². The van der Waals surface area contributed by atoms with Crippen LogP contribution in [-0.2, 0) is 11.4 Å². The zero-order valence-corrected chi connectivity index (χ0v) is 17.6. The van der Waals surface area contributed by atoms with E-state index >= 15 is 0 Å². The van der Waals surface area contributed by atoms with Crippen LogP contribution in [0.5, 0.6) is 5.75 Å². The number of hydrogen-bond acceptors (Lipinski definition) is 6. The van der Waals surface area contributed by atoms with Crippen LogP contribution in [0.3, 0.4) is 0 Å². The lowest BCUT2D eigenvalue weighted by molar-refractivity contribution is -0.121. The summed E-state index contributed by atoms with van der Waals surface area (Å²) < 4.78 is 7.12. The standard InChI is InChI=1S/C19H29N5O2S/c1-12(2)14-7-9-15(10-8-14)26-11-16-22-23-18(24(16)20)27-13(3)17(25)21-19(4,5)6/h7-10,12-13H,11,20H2,1-6H3,(H,21,25)/t13-/m0/s1. The van der Waals surface area contributed by atoms with Crippen LogP contribution in [0.15, 0.2) is 29.4 Å². The third-order valence-electron chi connectivity index (χ3n) is 3.80. The highest BCUT2D eigenvalue weighted by Crippen LogP contribution is 2.22. The molecule has 8 heteroatoms. The maximum absolute atomic E-state index is 12.2. The van der Waals surface area contributed by atoms with Crippen molar-refractivity contribution in [2.45, 2.75) is 70.0 Å². The van der Waals surface area contributed by atoms with Crippen molar-refractivity contribution in [3.63, 3.8) is 0 Å². The van der Waals surface area contributed by atoms with E-state index in [-0.39, 0.29) is 23.3 Å². The van der Waals surface area contributed by atoms with E-state index in [9.17, 15) is 4.79 Å². The van der Waals surface area contributed by atoms with E-state index in [0.29, 0.717) is 16.9 Å². The highest BCUT2D eigenvalue weighted by atomic mass is 32.2. The number of carbonyl (C=O) groups is 1. The molecule has 0 aliphatic carbocycles. The first-order chi connectivity index (χ1) is 12.6. The minimum absolute atomic E-state index is 0.0708. The molecule has 0 saturated heterocycles. The lowest BCUT2D eigenvalue weighted by Gasteiger charge is -2.22. The van der Waals surface area contributed by atoms with Crippen molar-refractivity contribution in [1.29, 1.82) is 0 Å². The Hall–Kier alpha value is -2.22. The van der Waals surface area contributed by atoms with Crippen LogP contribution in [0.1, 0.15) is 58.8 Å². The predicted octanol–water partition coefficient (Wildman–Crippen LogP) is 3.09. The van der Waals surface area contributed by atoms with Gasteiger partial charge in [0, 0.05) is 5.54 Å². The molecule has 1 atom stereocenters. The highest BCUT2D eigenvalue weighted by molar-refractivity contribution is 8.00. The summed E-state index contributed by atoms with van der Waals surface area (Å²) in [4.78, 5) is 12.2. The lowest BCUT2D eigenvalue weighted by Crippen LogP contribution is -2.44. The van der Waals surface area contributed by atoms with E-state index in [4.69, 9.17) is 10.6 Å². The predicted molar refractivity (Wildman–Crippen MR) is 108 cm³/mol. The first-order valence-corrected chi connectivity index (χ1v) is 9.85. The molecule has 3 N–H and O–H groups in total. The molecule has 0 spiro atoms. The third kappa shape index (κ3) is 6.16. The fraction of sp³-hybridized carbons (Fsp3) is 0.526. The topological polar surface area (TPSA) is 95.1 Å². The van der Waals surface area contributed by atoms with Gasteiger partial charge in [0.25, 0.3) is 0 Å². The van der Waals surface area contributed by atoms with E-state index in [0.717, 1.165) is 5.75 Å². The molecule has 1 aromatic heterocycles. The van der Waals surface area contributed by atoms with E-state index in [1.54, 1.807) is 0 Å². The van der Waals surface area contributed by atoms with Crippen molar-refractivity contribution >= 4 is 17.7 Å². The van der Waals surface area contributed by atoms with Gasteiger partial charge in [-0.3, -0.25) is 4.79 Å². The maximum atomic E-state index is 12.2. The summed E-state index contributed by atoms with van der Waals surface area (Å²) in [5.41, 5.74) is 0.970. The number of benzene rings is 1. The van der Waals surface area contributed by atoms with Gasteiger partial charge >= 0.3 is 0 Å². The SMILES string of the molecule is CC(C)c1ccc(OCc2nnc(S[C@@H](C)C(=O)NC(C)(C)C)n2N)cc1. The molecule has 0 radical (unpaired) electrons. The zero-order chi connectivity index (χ0) is 20.2. The summed E-state index contributed by atoms with van der Waals surface area (Å²) in [6.07, 6.45) is 0. The molecular formula is C19H29N5O2S. The fourth-order valence-corrected chi connectivity index (χ4v) is 3.05. The van der Waals surface area contributed by atoms with Gasteiger partial charge < -0.3 is 15.9 Å². The molecule has 0 aliphatic heterocycles. The Kier molecular flexibility index (Phi) is 6.75.